The number of piperidine rings is 1. The minimum atomic E-state index is -3.47. The first kappa shape index (κ1) is 17.9. The van der Waals surface area contributed by atoms with Crippen molar-refractivity contribution in [3.8, 4) is 0 Å². The third-order valence-corrected chi connectivity index (χ3v) is 6.22. The number of nitrogens with two attached hydrogens (primary N) is 1. The van der Waals surface area contributed by atoms with E-state index in [4.69, 9.17) is 10.5 Å². The number of rotatable bonds is 5. The Morgan fingerprint density at radius 2 is 1.96 bits per heavy atom. The molecule has 0 saturated carbocycles. The van der Waals surface area contributed by atoms with E-state index in [9.17, 15) is 13.2 Å². The van der Waals surface area contributed by atoms with Gasteiger partial charge in [0.15, 0.2) is 0 Å². The second-order valence-electron chi connectivity index (χ2n) is 6.00. The smallest absolute Gasteiger partial charge is 0.338 e. The Balaban J connectivity index is 2.12. The summed E-state index contributed by atoms with van der Waals surface area (Å²) in [5.74, 6) is -0.350. The van der Waals surface area contributed by atoms with E-state index in [0.29, 0.717) is 30.1 Å². The molecule has 1 heterocycles. The lowest BCUT2D eigenvalue weighted by molar-refractivity contribution is 0.0600. The van der Waals surface area contributed by atoms with Crippen molar-refractivity contribution in [3.63, 3.8) is 0 Å². The molecular formula is C16H24N2O4S. The van der Waals surface area contributed by atoms with E-state index >= 15 is 0 Å². The lowest BCUT2D eigenvalue weighted by Gasteiger charge is -2.33. The largest absolute Gasteiger partial charge is 0.465 e. The molecule has 23 heavy (non-hydrogen) atoms. The van der Waals surface area contributed by atoms with Gasteiger partial charge in [-0.15, -0.1) is 0 Å². The standard InChI is InChI=1S/C16H24N2O4S/c1-12(17)13-7-9-18(10-8-13)23(20,21)11-14-5-3-4-6-15(14)16(19)22-2/h3-6,12-13H,7-11,17H2,1-2H3. The van der Waals surface area contributed by atoms with Gasteiger partial charge in [-0.05, 0) is 37.3 Å². The molecule has 1 atom stereocenters. The molecule has 1 fully saturated rings. The molecule has 0 bridgehead atoms. The van der Waals surface area contributed by atoms with Crippen LogP contribution in [0.1, 0.15) is 35.7 Å². The van der Waals surface area contributed by atoms with Gasteiger partial charge >= 0.3 is 5.97 Å². The molecule has 0 aromatic heterocycles. The molecule has 1 aromatic carbocycles. The Hall–Kier alpha value is -1.44. The molecule has 0 amide bonds. The monoisotopic (exact) mass is 340 g/mol. The molecule has 1 aromatic rings. The van der Waals surface area contributed by atoms with E-state index in [2.05, 4.69) is 0 Å². The number of hydrogen-bond acceptors (Lipinski definition) is 5. The summed E-state index contributed by atoms with van der Waals surface area (Å²) in [4.78, 5) is 11.8. The normalized spacial score (nSPS) is 18.6. The number of carbonyl (C=O) groups is 1. The van der Waals surface area contributed by atoms with Crippen LogP contribution in [0.15, 0.2) is 24.3 Å². The summed E-state index contributed by atoms with van der Waals surface area (Å²) in [7, 11) is -2.18. The van der Waals surface area contributed by atoms with E-state index in [1.165, 1.54) is 11.4 Å². The maximum absolute atomic E-state index is 12.6. The number of carbonyl (C=O) groups excluding carboxylic acids is 1. The van der Waals surface area contributed by atoms with Gasteiger partial charge in [0.1, 0.15) is 0 Å². The number of benzene rings is 1. The van der Waals surface area contributed by atoms with Crippen molar-refractivity contribution in [1.29, 1.82) is 0 Å². The van der Waals surface area contributed by atoms with Gasteiger partial charge in [-0.3, -0.25) is 0 Å². The molecule has 1 saturated heterocycles. The molecule has 1 aliphatic rings. The minimum absolute atomic E-state index is 0.0832. The van der Waals surface area contributed by atoms with Crippen LogP contribution in [0, 0.1) is 5.92 Å². The zero-order valence-electron chi connectivity index (χ0n) is 13.6. The lowest BCUT2D eigenvalue weighted by Crippen LogP contribution is -2.43. The van der Waals surface area contributed by atoms with Crippen LogP contribution in [0.5, 0.6) is 0 Å². The van der Waals surface area contributed by atoms with Gasteiger partial charge in [0.25, 0.3) is 0 Å². The van der Waals surface area contributed by atoms with E-state index in [1.807, 2.05) is 6.92 Å². The Bertz CT molecular complexity index is 650. The summed E-state index contributed by atoms with van der Waals surface area (Å²) < 4.78 is 31.5. The molecule has 0 aliphatic carbocycles. The van der Waals surface area contributed by atoms with E-state index < -0.39 is 16.0 Å². The Morgan fingerprint density at radius 3 is 2.52 bits per heavy atom. The number of sulfonamides is 1. The molecule has 2 rings (SSSR count). The van der Waals surface area contributed by atoms with Gasteiger partial charge < -0.3 is 10.5 Å². The zero-order valence-corrected chi connectivity index (χ0v) is 14.4. The van der Waals surface area contributed by atoms with Gasteiger partial charge in [0, 0.05) is 19.1 Å². The molecule has 6 nitrogen and oxygen atoms in total. The highest BCUT2D eigenvalue weighted by molar-refractivity contribution is 7.88. The molecular weight excluding hydrogens is 316 g/mol. The molecule has 0 spiro atoms. The van der Waals surface area contributed by atoms with Gasteiger partial charge in [0.2, 0.25) is 10.0 Å². The van der Waals surface area contributed by atoms with Crippen molar-refractivity contribution in [2.75, 3.05) is 20.2 Å². The third-order valence-electron chi connectivity index (χ3n) is 4.40. The first-order valence-electron chi connectivity index (χ1n) is 7.74. The molecule has 7 heteroatoms. The average molecular weight is 340 g/mol. The minimum Gasteiger partial charge on any atom is -0.465 e. The van der Waals surface area contributed by atoms with Crippen LogP contribution in [0.4, 0.5) is 0 Å². The number of esters is 1. The van der Waals surface area contributed by atoms with Crippen LogP contribution in [0.25, 0.3) is 0 Å². The maximum Gasteiger partial charge on any atom is 0.338 e. The summed E-state index contributed by atoms with van der Waals surface area (Å²) in [5, 5.41) is 0. The number of ether oxygens (including phenoxy) is 1. The highest BCUT2D eigenvalue weighted by Crippen LogP contribution is 2.24. The summed E-state index contributed by atoms with van der Waals surface area (Å²) in [6.45, 7) is 2.92. The summed E-state index contributed by atoms with van der Waals surface area (Å²) in [5.41, 5.74) is 6.66. The second kappa shape index (κ2) is 7.42. The van der Waals surface area contributed by atoms with Gasteiger partial charge in [-0.25, -0.2) is 17.5 Å². The number of methoxy groups -OCH3 is 1. The van der Waals surface area contributed by atoms with Crippen molar-refractivity contribution >= 4 is 16.0 Å². The van der Waals surface area contributed by atoms with E-state index in [1.54, 1.807) is 24.3 Å². The highest BCUT2D eigenvalue weighted by atomic mass is 32.2. The zero-order chi connectivity index (χ0) is 17.0. The molecule has 1 unspecified atom stereocenters. The van der Waals surface area contributed by atoms with E-state index in [-0.39, 0.29) is 11.8 Å². The Labute approximate surface area is 137 Å². The predicted molar refractivity (Wildman–Crippen MR) is 88.4 cm³/mol. The molecule has 1 aliphatic heterocycles. The van der Waals surface area contributed by atoms with Crippen LogP contribution in [-0.4, -0.2) is 44.9 Å². The Morgan fingerprint density at radius 1 is 1.35 bits per heavy atom. The van der Waals surface area contributed by atoms with Crippen molar-refractivity contribution in [2.45, 2.75) is 31.6 Å². The van der Waals surface area contributed by atoms with Crippen molar-refractivity contribution in [3.05, 3.63) is 35.4 Å². The SMILES string of the molecule is COC(=O)c1ccccc1CS(=O)(=O)N1CCC(C(C)N)CC1. The predicted octanol–water partition coefficient (Wildman–Crippen LogP) is 1.36. The topological polar surface area (TPSA) is 89.7 Å². The fourth-order valence-corrected chi connectivity index (χ4v) is 4.52. The molecule has 2 N–H and O–H groups in total. The highest BCUT2D eigenvalue weighted by Gasteiger charge is 2.30. The summed E-state index contributed by atoms with van der Waals surface area (Å²) in [6.07, 6.45) is 1.55. The quantitative estimate of drug-likeness (QED) is 0.818. The van der Waals surface area contributed by atoms with Gasteiger partial charge in [-0.1, -0.05) is 18.2 Å². The maximum atomic E-state index is 12.6. The fourth-order valence-electron chi connectivity index (χ4n) is 2.92. The van der Waals surface area contributed by atoms with Crippen LogP contribution < -0.4 is 5.73 Å². The van der Waals surface area contributed by atoms with Gasteiger partial charge in [-0.2, -0.15) is 0 Å². The number of hydrogen-bond donors (Lipinski definition) is 1. The van der Waals surface area contributed by atoms with Crippen LogP contribution in [-0.2, 0) is 20.5 Å². The third kappa shape index (κ3) is 4.31. The molecule has 0 radical (unpaired) electrons. The fraction of sp³-hybridized carbons (Fsp3) is 0.562. The van der Waals surface area contributed by atoms with Gasteiger partial charge in [0.05, 0.1) is 18.4 Å². The first-order chi connectivity index (χ1) is 10.8. The van der Waals surface area contributed by atoms with Crippen molar-refractivity contribution in [2.24, 2.45) is 11.7 Å². The summed E-state index contributed by atoms with van der Waals surface area (Å²) >= 11 is 0. The van der Waals surface area contributed by atoms with Crippen LogP contribution in [0.2, 0.25) is 0 Å². The first-order valence-corrected chi connectivity index (χ1v) is 9.35. The average Bonchev–Trinajstić information content (AvgIpc) is 2.54. The van der Waals surface area contributed by atoms with Crippen LogP contribution in [0.3, 0.4) is 0 Å². The summed E-state index contributed by atoms with van der Waals surface area (Å²) in [6, 6.07) is 6.73. The lowest BCUT2D eigenvalue weighted by atomic mass is 9.92. The second-order valence-corrected chi connectivity index (χ2v) is 7.97. The van der Waals surface area contributed by atoms with Crippen molar-refractivity contribution in [1.82, 2.24) is 4.31 Å². The van der Waals surface area contributed by atoms with E-state index in [0.717, 1.165) is 12.8 Å². The van der Waals surface area contributed by atoms with Crippen molar-refractivity contribution < 1.29 is 17.9 Å². The molecule has 128 valence electrons. The van der Waals surface area contributed by atoms with Crippen LogP contribution >= 0.6 is 0 Å². The Kier molecular flexibility index (Phi) is 5.78. The number of nitrogens with zero attached hydrogens (tertiary/aromatic N) is 1.